The summed E-state index contributed by atoms with van der Waals surface area (Å²) in [7, 11) is 0. The standard InChI is InChI=1S/C10H4F6N2O/c11-9(12,13)6-3-1-5(2-4-6)7(19)8(18-17)10(14,15)16/h1-4H. The van der Waals surface area contributed by atoms with Crippen LogP contribution in [0.4, 0.5) is 26.3 Å². The lowest BCUT2D eigenvalue weighted by molar-refractivity contribution is -0.137. The second kappa shape index (κ2) is 4.85. The molecule has 0 fully saturated rings. The highest BCUT2D eigenvalue weighted by atomic mass is 19.4. The second-order valence-electron chi connectivity index (χ2n) is 3.35. The maximum atomic E-state index is 12.2. The molecule has 0 saturated heterocycles. The molecule has 1 aromatic carbocycles. The number of hydrogen-bond donors (Lipinski definition) is 0. The molecule has 0 spiro atoms. The van der Waals surface area contributed by atoms with Gasteiger partial charge in [-0.1, -0.05) is 12.1 Å². The predicted molar refractivity (Wildman–Crippen MR) is 50.5 cm³/mol. The Morgan fingerprint density at radius 3 is 1.79 bits per heavy atom. The summed E-state index contributed by atoms with van der Waals surface area (Å²) < 4.78 is 73.3. The molecule has 0 atom stereocenters. The molecule has 0 aliphatic heterocycles. The largest absolute Gasteiger partial charge is 0.499 e. The summed E-state index contributed by atoms with van der Waals surface area (Å²) in [4.78, 5) is 13.1. The van der Waals surface area contributed by atoms with Crippen molar-refractivity contribution in [3.8, 4) is 0 Å². The van der Waals surface area contributed by atoms with Gasteiger partial charge in [0, 0.05) is 5.56 Å². The number of carbonyl (C=O) groups is 1. The van der Waals surface area contributed by atoms with E-state index in [1.165, 1.54) is 0 Å². The first-order valence-electron chi connectivity index (χ1n) is 4.58. The van der Waals surface area contributed by atoms with Crippen molar-refractivity contribution in [3.63, 3.8) is 0 Å². The zero-order valence-corrected chi connectivity index (χ0v) is 8.88. The van der Waals surface area contributed by atoms with Gasteiger partial charge < -0.3 is 5.53 Å². The van der Waals surface area contributed by atoms with E-state index in [9.17, 15) is 31.1 Å². The molecule has 0 aliphatic carbocycles. The minimum atomic E-state index is -5.20. The highest BCUT2D eigenvalue weighted by Gasteiger charge is 2.49. The second-order valence-corrected chi connectivity index (χ2v) is 3.35. The van der Waals surface area contributed by atoms with Crippen LogP contribution in [0.15, 0.2) is 24.3 Å². The van der Waals surface area contributed by atoms with E-state index < -0.39 is 35.0 Å². The molecule has 1 aromatic rings. The predicted octanol–water partition coefficient (Wildman–Crippen LogP) is 3.12. The lowest BCUT2D eigenvalue weighted by atomic mass is 10.0. The third-order valence-corrected chi connectivity index (χ3v) is 2.06. The number of halogens is 6. The number of benzene rings is 1. The first-order chi connectivity index (χ1) is 8.57. The molecular formula is C10H4F6N2O. The smallest absolute Gasteiger partial charge is 0.361 e. The van der Waals surface area contributed by atoms with Gasteiger partial charge in [0.1, 0.15) is 0 Å². The van der Waals surface area contributed by atoms with Crippen molar-refractivity contribution in [2.75, 3.05) is 0 Å². The highest BCUT2D eigenvalue weighted by Crippen LogP contribution is 2.29. The van der Waals surface area contributed by atoms with Gasteiger partial charge in [0.25, 0.3) is 5.78 Å². The summed E-state index contributed by atoms with van der Waals surface area (Å²) in [5, 5.41) is 0. The summed E-state index contributed by atoms with van der Waals surface area (Å²) in [5.74, 6) is -1.72. The Labute approximate surface area is 102 Å². The Bertz CT molecular complexity index is 537. The minimum absolute atomic E-state index is 0.457. The van der Waals surface area contributed by atoms with Gasteiger partial charge in [-0.25, -0.2) is 0 Å². The third kappa shape index (κ3) is 3.41. The zero-order valence-electron chi connectivity index (χ0n) is 8.88. The van der Waals surface area contributed by atoms with Crippen LogP contribution in [0.3, 0.4) is 0 Å². The molecule has 3 nitrogen and oxygen atoms in total. The molecule has 0 amide bonds. The van der Waals surface area contributed by atoms with Crippen LogP contribution in [0.5, 0.6) is 0 Å². The van der Waals surface area contributed by atoms with E-state index in [1.807, 2.05) is 4.79 Å². The summed E-state index contributed by atoms with van der Waals surface area (Å²) in [5.41, 5.74) is 4.26. The van der Waals surface area contributed by atoms with E-state index in [0.29, 0.717) is 24.3 Å². The van der Waals surface area contributed by atoms with Gasteiger partial charge >= 0.3 is 18.1 Å². The molecule has 0 bridgehead atoms. The van der Waals surface area contributed by atoms with Gasteiger partial charge in [-0.15, -0.1) is 0 Å². The van der Waals surface area contributed by atoms with Crippen LogP contribution >= 0.6 is 0 Å². The van der Waals surface area contributed by atoms with Crippen molar-refractivity contribution in [1.82, 2.24) is 0 Å². The van der Waals surface area contributed by atoms with E-state index in [1.54, 1.807) is 0 Å². The van der Waals surface area contributed by atoms with Gasteiger partial charge in [-0.2, -0.15) is 31.1 Å². The first kappa shape index (κ1) is 14.9. The number of rotatable bonds is 2. The monoisotopic (exact) mass is 282 g/mol. The maximum absolute atomic E-state index is 12.2. The topological polar surface area (TPSA) is 53.5 Å². The number of hydrogen-bond acceptors (Lipinski definition) is 1. The van der Waals surface area contributed by atoms with Gasteiger partial charge in [0.05, 0.1) is 5.56 Å². The number of ketones is 1. The Hall–Kier alpha value is -2.15. The van der Waals surface area contributed by atoms with Gasteiger partial charge in [-0.3, -0.25) is 4.79 Å². The number of Topliss-reactive ketones (excluding diaryl/α,β-unsaturated/α-hetero) is 1. The number of carbonyl (C=O) groups excluding carboxylic acids is 1. The molecular weight excluding hydrogens is 278 g/mol. The molecule has 9 heteroatoms. The van der Waals surface area contributed by atoms with Crippen molar-refractivity contribution in [3.05, 3.63) is 40.9 Å². The molecule has 0 radical (unpaired) electrons. The maximum Gasteiger partial charge on any atom is 0.499 e. The van der Waals surface area contributed by atoms with Crippen LogP contribution in [-0.2, 0) is 6.18 Å². The normalized spacial score (nSPS) is 11.9. The molecule has 0 saturated carbocycles. The van der Waals surface area contributed by atoms with Crippen LogP contribution in [0.1, 0.15) is 15.9 Å². The molecule has 0 N–H and O–H groups in total. The molecule has 0 unspecified atom stereocenters. The Balaban J connectivity index is 3.13. The number of alkyl halides is 6. The van der Waals surface area contributed by atoms with Crippen molar-refractivity contribution >= 4 is 11.5 Å². The minimum Gasteiger partial charge on any atom is -0.361 e. The highest BCUT2D eigenvalue weighted by molar-refractivity contribution is 6.45. The lowest BCUT2D eigenvalue weighted by Crippen LogP contribution is -2.32. The van der Waals surface area contributed by atoms with E-state index in [-0.39, 0.29) is 0 Å². The summed E-state index contributed by atoms with van der Waals surface area (Å²) in [6, 6.07) is 2.06. The van der Waals surface area contributed by atoms with Crippen LogP contribution in [0, 0.1) is 0 Å². The molecule has 102 valence electrons. The molecule has 19 heavy (non-hydrogen) atoms. The van der Waals surface area contributed by atoms with Crippen molar-refractivity contribution < 1.29 is 35.9 Å². The number of nitrogens with zero attached hydrogens (tertiary/aromatic N) is 2. The van der Waals surface area contributed by atoms with Crippen LogP contribution in [0.25, 0.3) is 5.53 Å². The molecule has 1 rings (SSSR count). The third-order valence-electron chi connectivity index (χ3n) is 2.06. The van der Waals surface area contributed by atoms with Crippen LogP contribution < -0.4 is 0 Å². The van der Waals surface area contributed by atoms with Gasteiger partial charge in [0.15, 0.2) is 0 Å². The molecule has 0 aliphatic rings. The van der Waals surface area contributed by atoms with Crippen molar-refractivity contribution in [2.45, 2.75) is 12.4 Å². The first-order valence-corrected chi connectivity index (χ1v) is 4.58. The van der Waals surface area contributed by atoms with E-state index in [2.05, 4.69) is 0 Å². The summed E-state index contributed by atoms with van der Waals surface area (Å²) in [6.07, 6.45) is -9.87. The Kier molecular flexibility index (Phi) is 3.80. The average Bonchev–Trinajstić information content (AvgIpc) is 2.27. The van der Waals surface area contributed by atoms with E-state index in [0.717, 1.165) is 0 Å². The van der Waals surface area contributed by atoms with Gasteiger partial charge in [0.2, 0.25) is 0 Å². The summed E-state index contributed by atoms with van der Waals surface area (Å²) >= 11 is 0. The van der Waals surface area contributed by atoms with E-state index >= 15 is 0 Å². The fraction of sp³-hybridized carbons (Fsp3) is 0.200. The fourth-order valence-electron chi connectivity index (χ4n) is 1.18. The van der Waals surface area contributed by atoms with Crippen molar-refractivity contribution in [2.24, 2.45) is 0 Å². The summed E-state index contributed by atoms with van der Waals surface area (Å²) in [6.45, 7) is 0. The fourth-order valence-corrected chi connectivity index (χ4v) is 1.18. The van der Waals surface area contributed by atoms with Crippen LogP contribution in [-0.4, -0.2) is 22.5 Å². The average molecular weight is 282 g/mol. The quantitative estimate of drug-likeness (QED) is 0.270. The van der Waals surface area contributed by atoms with Crippen molar-refractivity contribution in [1.29, 1.82) is 0 Å². The van der Waals surface area contributed by atoms with E-state index in [4.69, 9.17) is 5.53 Å². The molecule has 0 aromatic heterocycles. The zero-order chi connectivity index (χ0) is 14.8. The Morgan fingerprint density at radius 1 is 1.00 bits per heavy atom. The van der Waals surface area contributed by atoms with Crippen LogP contribution in [0.2, 0.25) is 0 Å². The lowest BCUT2D eigenvalue weighted by Gasteiger charge is -2.06. The molecule has 0 heterocycles. The Morgan fingerprint density at radius 2 is 1.47 bits per heavy atom. The van der Waals surface area contributed by atoms with Gasteiger partial charge in [-0.05, 0) is 12.1 Å². The SMILES string of the molecule is [N-]=[N+]=C(C(=O)c1ccc(C(F)(F)F)cc1)C(F)(F)F.